The standard InChI is InChI=1S/C13H18FN3O/c1-8(2)17-11-6-4-5-9(14)12(11)16-13(17)10(15)7-18-3/h4-6,8,10H,7,15H2,1-3H3. The van der Waals surface area contributed by atoms with Crippen molar-refractivity contribution < 1.29 is 9.13 Å². The lowest BCUT2D eigenvalue weighted by atomic mass is 10.2. The molecule has 1 unspecified atom stereocenters. The second-order valence-corrected chi connectivity index (χ2v) is 4.60. The number of benzene rings is 1. The Balaban J connectivity index is 2.65. The minimum Gasteiger partial charge on any atom is -0.383 e. The molecule has 0 aliphatic rings. The fourth-order valence-corrected chi connectivity index (χ4v) is 2.16. The van der Waals surface area contributed by atoms with Crippen LogP contribution in [0.1, 0.15) is 31.8 Å². The van der Waals surface area contributed by atoms with E-state index in [0.717, 1.165) is 5.52 Å². The molecule has 5 heteroatoms. The van der Waals surface area contributed by atoms with Crippen molar-refractivity contribution in [1.82, 2.24) is 9.55 Å². The average molecular weight is 251 g/mol. The van der Waals surface area contributed by atoms with Crippen molar-refractivity contribution in [3.05, 3.63) is 29.8 Å². The average Bonchev–Trinajstić information content (AvgIpc) is 2.70. The van der Waals surface area contributed by atoms with E-state index in [4.69, 9.17) is 10.5 Å². The number of para-hydroxylation sites is 1. The van der Waals surface area contributed by atoms with Crippen molar-refractivity contribution in [2.45, 2.75) is 25.9 Å². The van der Waals surface area contributed by atoms with Crippen LogP contribution in [-0.4, -0.2) is 23.3 Å². The molecule has 2 rings (SSSR count). The molecule has 0 amide bonds. The summed E-state index contributed by atoms with van der Waals surface area (Å²) in [6.07, 6.45) is 0. The van der Waals surface area contributed by atoms with E-state index < -0.39 is 0 Å². The summed E-state index contributed by atoms with van der Waals surface area (Å²) in [7, 11) is 1.59. The van der Waals surface area contributed by atoms with Gasteiger partial charge in [-0.15, -0.1) is 0 Å². The first-order chi connectivity index (χ1) is 8.56. The predicted molar refractivity (Wildman–Crippen MR) is 68.9 cm³/mol. The zero-order valence-electron chi connectivity index (χ0n) is 10.9. The van der Waals surface area contributed by atoms with Crippen LogP contribution in [0.2, 0.25) is 0 Å². The highest BCUT2D eigenvalue weighted by molar-refractivity contribution is 5.77. The van der Waals surface area contributed by atoms with E-state index in [2.05, 4.69) is 4.98 Å². The molecule has 0 spiro atoms. The Morgan fingerprint density at radius 2 is 2.17 bits per heavy atom. The largest absolute Gasteiger partial charge is 0.383 e. The van der Waals surface area contributed by atoms with E-state index in [9.17, 15) is 4.39 Å². The Morgan fingerprint density at radius 3 is 2.78 bits per heavy atom. The van der Waals surface area contributed by atoms with E-state index in [1.165, 1.54) is 6.07 Å². The van der Waals surface area contributed by atoms with Gasteiger partial charge in [0.2, 0.25) is 0 Å². The van der Waals surface area contributed by atoms with Crippen molar-refractivity contribution >= 4 is 11.0 Å². The second kappa shape index (κ2) is 5.04. The maximum atomic E-state index is 13.7. The molecular formula is C13H18FN3O. The fraction of sp³-hybridized carbons (Fsp3) is 0.462. The van der Waals surface area contributed by atoms with Gasteiger partial charge in [-0.25, -0.2) is 9.37 Å². The van der Waals surface area contributed by atoms with Crippen LogP contribution in [0.25, 0.3) is 11.0 Å². The molecule has 2 N–H and O–H groups in total. The number of ether oxygens (including phenoxy) is 1. The Hall–Kier alpha value is -1.46. The van der Waals surface area contributed by atoms with Crippen molar-refractivity contribution in [3.63, 3.8) is 0 Å². The molecule has 98 valence electrons. The molecule has 4 nitrogen and oxygen atoms in total. The molecule has 0 fully saturated rings. The van der Waals surface area contributed by atoms with E-state index in [0.29, 0.717) is 17.9 Å². The van der Waals surface area contributed by atoms with Gasteiger partial charge in [0.15, 0.2) is 5.82 Å². The minimum absolute atomic E-state index is 0.162. The van der Waals surface area contributed by atoms with Crippen LogP contribution in [0.5, 0.6) is 0 Å². The molecule has 0 bridgehead atoms. The third-order valence-corrected chi connectivity index (χ3v) is 2.89. The summed E-state index contributed by atoms with van der Waals surface area (Å²) in [5, 5.41) is 0. The smallest absolute Gasteiger partial charge is 0.151 e. The Morgan fingerprint density at radius 1 is 1.44 bits per heavy atom. The molecule has 0 saturated carbocycles. The van der Waals surface area contributed by atoms with Crippen molar-refractivity contribution in [2.24, 2.45) is 5.73 Å². The summed E-state index contributed by atoms with van der Waals surface area (Å²) in [6, 6.07) is 4.75. The first-order valence-electron chi connectivity index (χ1n) is 5.97. The number of fused-ring (bicyclic) bond motifs is 1. The monoisotopic (exact) mass is 251 g/mol. The minimum atomic E-state index is -0.357. The number of nitrogens with zero attached hydrogens (tertiary/aromatic N) is 2. The van der Waals surface area contributed by atoms with Gasteiger partial charge in [-0.2, -0.15) is 0 Å². The maximum absolute atomic E-state index is 13.7. The third kappa shape index (κ3) is 2.11. The molecule has 2 aromatic rings. The van der Waals surface area contributed by atoms with Crippen LogP contribution in [0.3, 0.4) is 0 Å². The van der Waals surface area contributed by atoms with Gasteiger partial charge in [-0.05, 0) is 26.0 Å². The van der Waals surface area contributed by atoms with Crippen LogP contribution < -0.4 is 5.73 Å². The van der Waals surface area contributed by atoms with Gasteiger partial charge < -0.3 is 15.0 Å². The van der Waals surface area contributed by atoms with Gasteiger partial charge in [0.05, 0.1) is 18.2 Å². The summed E-state index contributed by atoms with van der Waals surface area (Å²) >= 11 is 0. The van der Waals surface area contributed by atoms with Gasteiger partial charge >= 0.3 is 0 Å². The van der Waals surface area contributed by atoms with Gasteiger partial charge in [0, 0.05) is 13.2 Å². The van der Waals surface area contributed by atoms with Crippen LogP contribution >= 0.6 is 0 Å². The van der Waals surface area contributed by atoms with E-state index in [1.54, 1.807) is 13.2 Å². The normalized spacial score (nSPS) is 13.4. The van der Waals surface area contributed by atoms with Crippen molar-refractivity contribution in [1.29, 1.82) is 0 Å². The Kier molecular flexibility index (Phi) is 3.63. The lowest BCUT2D eigenvalue weighted by Gasteiger charge is -2.16. The summed E-state index contributed by atoms with van der Waals surface area (Å²) in [6.45, 7) is 4.40. The Bertz CT molecular complexity index is 550. The molecule has 1 heterocycles. The highest BCUT2D eigenvalue weighted by Crippen LogP contribution is 2.25. The lowest BCUT2D eigenvalue weighted by Crippen LogP contribution is -2.21. The van der Waals surface area contributed by atoms with Gasteiger partial charge in [0.1, 0.15) is 11.3 Å². The number of aromatic nitrogens is 2. The molecule has 1 aromatic carbocycles. The third-order valence-electron chi connectivity index (χ3n) is 2.89. The van der Waals surface area contributed by atoms with Crippen molar-refractivity contribution in [2.75, 3.05) is 13.7 Å². The molecule has 0 aliphatic carbocycles. The van der Waals surface area contributed by atoms with Gasteiger partial charge in [0.25, 0.3) is 0 Å². The quantitative estimate of drug-likeness (QED) is 0.907. The number of hydrogen-bond acceptors (Lipinski definition) is 3. The van der Waals surface area contributed by atoms with Crippen molar-refractivity contribution in [3.8, 4) is 0 Å². The van der Waals surface area contributed by atoms with Gasteiger partial charge in [-0.3, -0.25) is 0 Å². The number of rotatable bonds is 4. The molecule has 1 aromatic heterocycles. The van der Waals surface area contributed by atoms with Crippen LogP contribution in [0.4, 0.5) is 4.39 Å². The first-order valence-corrected chi connectivity index (χ1v) is 5.97. The molecule has 1 atom stereocenters. The highest BCUT2D eigenvalue weighted by atomic mass is 19.1. The first kappa shape index (κ1) is 13.0. The second-order valence-electron chi connectivity index (χ2n) is 4.60. The SMILES string of the molecule is COCC(N)c1nc2c(F)cccc2n1C(C)C. The zero-order valence-corrected chi connectivity index (χ0v) is 10.9. The number of imidazole rings is 1. The van der Waals surface area contributed by atoms with E-state index >= 15 is 0 Å². The van der Waals surface area contributed by atoms with Crippen LogP contribution in [-0.2, 0) is 4.74 Å². The van der Waals surface area contributed by atoms with Crippen LogP contribution in [0, 0.1) is 5.82 Å². The molecule has 0 saturated heterocycles. The highest BCUT2D eigenvalue weighted by Gasteiger charge is 2.20. The Labute approximate surface area is 106 Å². The number of methoxy groups -OCH3 is 1. The zero-order chi connectivity index (χ0) is 13.3. The predicted octanol–water partition coefficient (Wildman–Crippen LogP) is 2.40. The molecule has 18 heavy (non-hydrogen) atoms. The van der Waals surface area contributed by atoms with Crippen LogP contribution in [0.15, 0.2) is 18.2 Å². The summed E-state index contributed by atoms with van der Waals surface area (Å²) in [5.41, 5.74) is 7.17. The summed E-state index contributed by atoms with van der Waals surface area (Å²) in [5.74, 6) is 0.338. The molecule has 0 aliphatic heterocycles. The van der Waals surface area contributed by atoms with Gasteiger partial charge in [-0.1, -0.05) is 6.07 Å². The number of hydrogen-bond donors (Lipinski definition) is 1. The summed E-state index contributed by atoms with van der Waals surface area (Å²) in [4.78, 5) is 4.33. The maximum Gasteiger partial charge on any atom is 0.151 e. The number of halogens is 1. The van der Waals surface area contributed by atoms with E-state index in [1.807, 2.05) is 24.5 Å². The fourth-order valence-electron chi connectivity index (χ4n) is 2.16. The lowest BCUT2D eigenvalue weighted by molar-refractivity contribution is 0.176. The molecule has 0 radical (unpaired) electrons. The number of nitrogens with two attached hydrogens (primary N) is 1. The molecular weight excluding hydrogens is 233 g/mol. The topological polar surface area (TPSA) is 53.1 Å². The van der Waals surface area contributed by atoms with E-state index in [-0.39, 0.29) is 17.9 Å². The summed E-state index contributed by atoms with van der Waals surface area (Å²) < 4.78 is 20.8.